The molecule has 7 heteroatoms. The number of anilines is 1. The minimum absolute atomic E-state index is 0.137. The molecule has 1 aromatic rings. The van der Waals surface area contributed by atoms with Crippen molar-refractivity contribution in [2.75, 3.05) is 37.6 Å². The number of piperazine rings is 1. The SMILES string of the molecule is OCc1cc(N2CCN(CC(F)(F)F)CC2)ccn1. The third kappa shape index (κ3) is 4.07. The van der Waals surface area contributed by atoms with Gasteiger partial charge in [0, 0.05) is 38.1 Å². The van der Waals surface area contributed by atoms with Crippen LogP contribution in [0.25, 0.3) is 0 Å². The zero-order valence-electron chi connectivity index (χ0n) is 10.4. The maximum absolute atomic E-state index is 12.3. The van der Waals surface area contributed by atoms with E-state index in [0.29, 0.717) is 31.9 Å². The Balaban J connectivity index is 1.92. The first kappa shape index (κ1) is 14.1. The van der Waals surface area contributed by atoms with Gasteiger partial charge < -0.3 is 10.0 Å². The van der Waals surface area contributed by atoms with Crippen LogP contribution in [-0.2, 0) is 6.61 Å². The average molecular weight is 275 g/mol. The van der Waals surface area contributed by atoms with E-state index in [9.17, 15) is 13.2 Å². The molecule has 1 aromatic heterocycles. The van der Waals surface area contributed by atoms with Gasteiger partial charge in [0.05, 0.1) is 18.8 Å². The molecule has 0 atom stereocenters. The monoisotopic (exact) mass is 275 g/mol. The normalized spacial score (nSPS) is 17.8. The molecule has 1 fully saturated rings. The standard InChI is InChI=1S/C12H16F3N3O/c13-12(14,15)9-17-3-5-18(6-4-17)11-1-2-16-10(7-11)8-19/h1-2,7,19H,3-6,8-9H2. The number of hydrogen-bond acceptors (Lipinski definition) is 4. The molecule has 0 bridgehead atoms. The van der Waals surface area contributed by atoms with Gasteiger partial charge in [-0.05, 0) is 12.1 Å². The van der Waals surface area contributed by atoms with Crippen LogP contribution in [0.3, 0.4) is 0 Å². The Bertz CT molecular complexity index is 417. The highest BCUT2D eigenvalue weighted by Gasteiger charge is 2.32. The van der Waals surface area contributed by atoms with E-state index >= 15 is 0 Å². The Kier molecular flexibility index (Phi) is 4.26. The Labute approximate surface area is 109 Å². The molecule has 0 aromatic carbocycles. The third-order valence-electron chi connectivity index (χ3n) is 3.10. The minimum atomic E-state index is -4.14. The van der Waals surface area contributed by atoms with Gasteiger partial charge in [0.25, 0.3) is 0 Å². The third-order valence-corrected chi connectivity index (χ3v) is 3.10. The van der Waals surface area contributed by atoms with Crippen LogP contribution in [0.5, 0.6) is 0 Å². The molecule has 0 spiro atoms. The second-order valence-electron chi connectivity index (χ2n) is 4.54. The van der Waals surface area contributed by atoms with Crippen molar-refractivity contribution in [2.24, 2.45) is 0 Å². The predicted molar refractivity (Wildman–Crippen MR) is 64.9 cm³/mol. The van der Waals surface area contributed by atoms with Gasteiger partial charge in [0.2, 0.25) is 0 Å². The number of pyridine rings is 1. The van der Waals surface area contributed by atoms with Gasteiger partial charge in [-0.2, -0.15) is 13.2 Å². The zero-order valence-corrected chi connectivity index (χ0v) is 10.4. The predicted octanol–water partition coefficient (Wildman–Crippen LogP) is 1.26. The van der Waals surface area contributed by atoms with Crippen molar-refractivity contribution >= 4 is 5.69 Å². The molecule has 19 heavy (non-hydrogen) atoms. The Morgan fingerprint density at radius 1 is 1.21 bits per heavy atom. The lowest BCUT2D eigenvalue weighted by molar-refractivity contribution is -0.146. The summed E-state index contributed by atoms with van der Waals surface area (Å²) < 4.78 is 36.8. The summed E-state index contributed by atoms with van der Waals surface area (Å²) in [6, 6.07) is 3.57. The molecule has 106 valence electrons. The van der Waals surface area contributed by atoms with E-state index in [-0.39, 0.29) is 6.61 Å². The topological polar surface area (TPSA) is 39.6 Å². The molecule has 1 aliphatic rings. The van der Waals surface area contributed by atoms with E-state index in [1.54, 1.807) is 18.3 Å². The average Bonchev–Trinajstić information content (AvgIpc) is 2.38. The Morgan fingerprint density at radius 2 is 1.89 bits per heavy atom. The van der Waals surface area contributed by atoms with Crippen molar-refractivity contribution < 1.29 is 18.3 Å². The summed E-state index contributed by atoms with van der Waals surface area (Å²) in [6.45, 7) is 0.878. The summed E-state index contributed by atoms with van der Waals surface area (Å²) in [5.41, 5.74) is 1.46. The van der Waals surface area contributed by atoms with E-state index in [2.05, 4.69) is 4.98 Å². The van der Waals surface area contributed by atoms with Crippen LogP contribution in [0, 0.1) is 0 Å². The fourth-order valence-corrected chi connectivity index (χ4v) is 2.17. The summed E-state index contributed by atoms with van der Waals surface area (Å²) in [6.07, 6.45) is -2.54. The van der Waals surface area contributed by atoms with E-state index in [1.165, 1.54) is 4.90 Å². The molecule has 1 N–H and O–H groups in total. The number of hydrogen-bond donors (Lipinski definition) is 1. The summed E-state index contributed by atoms with van der Waals surface area (Å²) in [5, 5.41) is 9.02. The van der Waals surface area contributed by atoms with Crippen molar-refractivity contribution in [1.82, 2.24) is 9.88 Å². The molecule has 1 aliphatic heterocycles. The van der Waals surface area contributed by atoms with Crippen molar-refractivity contribution in [3.8, 4) is 0 Å². The van der Waals surface area contributed by atoms with Crippen LogP contribution < -0.4 is 4.90 Å². The first-order valence-electron chi connectivity index (χ1n) is 6.08. The number of aromatic nitrogens is 1. The first-order chi connectivity index (χ1) is 8.98. The van der Waals surface area contributed by atoms with Crippen LogP contribution in [0.4, 0.5) is 18.9 Å². The lowest BCUT2D eigenvalue weighted by atomic mass is 10.2. The fourth-order valence-electron chi connectivity index (χ4n) is 2.17. The molecular weight excluding hydrogens is 259 g/mol. The highest BCUT2D eigenvalue weighted by Crippen LogP contribution is 2.20. The van der Waals surface area contributed by atoms with Gasteiger partial charge in [-0.15, -0.1) is 0 Å². The summed E-state index contributed by atoms with van der Waals surface area (Å²) >= 11 is 0. The Morgan fingerprint density at radius 3 is 2.47 bits per heavy atom. The quantitative estimate of drug-likeness (QED) is 0.901. The van der Waals surface area contributed by atoms with Crippen molar-refractivity contribution in [2.45, 2.75) is 12.8 Å². The van der Waals surface area contributed by atoms with Gasteiger partial charge in [-0.1, -0.05) is 0 Å². The number of rotatable bonds is 3. The van der Waals surface area contributed by atoms with Crippen LogP contribution in [0.15, 0.2) is 18.3 Å². The number of nitrogens with zero attached hydrogens (tertiary/aromatic N) is 3. The molecule has 0 amide bonds. The number of aliphatic hydroxyl groups excluding tert-OH is 1. The van der Waals surface area contributed by atoms with Crippen LogP contribution in [0.2, 0.25) is 0 Å². The lowest BCUT2D eigenvalue weighted by Crippen LogP contribution is -2.49. The summed E-state index contributed by atoms with van der Waals surface area (Å²) in [7, 11) is 0. The number of halogens is 3. The molecule has 4 nitrogen and oxygen atoms in total. The summed E-state index contributed by atoms with van der Waals surface area (Å²) in [4.78, 5) is 7.40. The van der Waals surface area contributed by atoms with Crippen molar-refractivity contribution in [1.29, 1.82) is 0 Å². The number of aliphatic hydroxyl groups is 1. The van der Waals surface area contributed by atoms with E-state index in [1.807, 2.05) is 4.90 Å². The maximum atomic E-state index is 12.3. The van der Waals surface area contributed by atoms with Crippen LogP contribution >= 0.6 is 0 Å². The van der Waals surface area contributed by atoms with Crippen LogP contribution in [-0.4, -0.2) is 53.9 Å². The lowest BCUT2D eigenvalue weighted by Gasteiger charge is -2.36. The zero-order chi connectivity index (χ0) is 13.9. The van der Waals surface area contributed by atoms with Crippen molar-refractivity contribution in [3.05, 3.63) is 24.0 Å². The molecular formula is C12H16F3N3O. The second kappa shape index (κ2) is 5.75. The van der Waals surface area contributed by atoms with E-state index in [4.69, 9.17) is 5.11 Å². The minimum Gasteiger partial charge on any atom is -0.390 e. The Hall–Kier alpha value is -1.34. The van der Waals surface area contributed by atoms with Gasteiger partial charge in [0.15, 0.2) is 0 Å². The van der Waals surface area contributed by atoms with Crippen LogP contribution in [0.1, 0.15) is 5.69 Å². The van der Waals surface area contributed by atoms with E-state index < -0.39 is 12.7 Å². The molecule has 0 radical (unpaired) electrons. The molecule has 0 unspecified atom stereocenters. The van der Waals surface area contributed by atoms with Gasteiger partial charge >= 0.3 is 6.18 Å². The summed E-state index contributed by atoms with van der Waals surface area (Å²) in [5.74, 6) is 0. The molecule has 2 heterocycles. The number of alkyl halides is 3. The molecule has 1 saturated heterocycles. The van der Waals surface area contributed by atoms with Gasteiger partial charge in [-0.25, -0.2) is 0 Å². The maximum Gasteiger partial charge on any atom is 0.401 e. The largest absolute Gasteiger partial charge is 0.401 e. The highest BCUT2D eigenvalue weighted by molar-refractivity contribution is 5.46. The first-order valence-corrected chi connectivity index (χ1v) is 6.08. The van der Waals surface area contributed by atoms with Crippen molar-refractivity contribution in [3.63, 3.8) is 0 Å². The second-order valence-corrected chi connectivity index (χ2v) is 4.54. The molecule has 0 saturated carbocycles. The van der Waals surface area contributed by atoms with E-state index in [0.717, 1.165) is 5.69 Å². The molecule has 0 aliphatic carbocycles. The molecule has 2 rings (SSSR count). The fraction of sp³-hybridized carbons (Fsp3) is 0.583. The smallest absolute Gasteiger partial charge is 0.390 e. The van der Waals surface area contributed by atoms with Gasteiger partial charge in [0.1, 0.15) is 0 Å². The highest BCUT2D eigenvalue weighted by atomic mass is 19.4. The van der Waals surface area contributed by atoms with Gasteiger partial charge in [-0.3, -0.25) is 9.88 Å².